The summed E-state index contributed by atoms with van der Waals surface area (Å²) in [5.74, 6) is 0. The molecule has 12 rings (SSSR count). The van der Waals surface area contributed by atoms with Gasteiger partial charge in [-0.1, -0.05) is 109 Å². The second kappa shape index (κ2) is 9.99. The highest BCUT2D eigenvalue weighted by molar-refractivity contribution is 6.09. The van der Waals surface area contributed by atoms with Gasteiger partial charge in [0.25, 0.3) is 0 Å². The molecule has 6 aromatic carbocycles. The van der Waals surface area contributed by atoms with Crippen molar-refractivity contribution in [1.29, 1.82) is 0 Å². The molecule has 0 saturated carbocycles. The standard InChI is InChI=1S/C49H34N2/c1-7-19-41-33(13-1)34-14-2-8-20-42(34)49(41)43-29-31(50-45-21-9-3-15-37(45)38-16-4-10-22-46(38)50)25-27-35(43)36-28-26-32(30-44(36)49)51-47-23-11-5-17-39(47)40-18-6-12-24-48(40)51/h1-4,7-16,19-30H,5-6,17-18H2. The zero-order valence-corrected chi connectivity index (χ0v) is 28.2. The molecular formula is C49H34N2. The number of hydrogen-bond donors (Lipinski definition) is 0. The third-order valence-electron chi connectivity index (χ3n) is 12.3. The molecule has 0 amide bonds. The van der Waals surface area contributed by atoms with Crippen molar-refractivity contribution in [2.75, 3.05) is 0 Å². The number of allylic oxidation sites excluding steroid dienone is 2. The van der Waals surface area contributed by atoms with Crippen molar-refractivity contribution < 1.29 is 0 Å². The van der Waals surface area contributed by atoms with Crippen LogP contribution in [0.3, 0.4) is 0 Å². The van der Waals surface area contributed by atoms with Gasteiger partial charge in [-0.15, -0.1) is 0 Å². The maximum absolute atomic E-state index is 2.56. The number of benzene rings is 6. The number of aromatic nitrogens is 2. The Morgan fingerprint density at radius 3 is 1.41 bits per heavy atom. The molecule has 0 saturated heterocycles. The molecule has 0 radical (unpaired) electrons. The average Bonchev–Trinajstić information content (AvgIpc) is 3.90. The van der Waals surface area contributed by atoms with Gasteiger partial charge in [0.15, 0.2) is 0 Å². The molecule has 51 heavy (non-hydrogen) atoms. The molecule has 0 bridgehead atoms. The van der Waals surface area contributed by atoms with Crippen LogP contribution in [0.2, 0.25) is 0 Å². The van der Waals surface area contributed by atoms with Crippen LogP contribution in [0, 0.1) is 0 Å². The summed E-state index contributed by atoms with van der Waals surface area (Å²) >= 11 is 0. The fraction of sp³-hybridized carbons (Fsp3) is 0.102. The highest BCUT2D eigenvalue weighted by atomic mass is 15.0. The summed E-state index contributed by atoms with van der Waals surface area (Å²) in [5.41, 5.74) is 21.1. The van der Waals surface area contributed by atoms with Crippen LogP contribution in [0.1, 0.15) is 57.6 Å². The van der Waals surface area contributed by atoms with Crippen molar-refractivity contribution in [3.63, 3.8) is 0 Å². The molecule has 0 unspecified atom stereocenters. The molecule has 4 aliphatic rings. The van der Waals surface area contributed by atoms with E-state index in [1.807, 2.05) is 0 Å². The smallest absolute Gasteiger partial charge is 0.0727 e. The van der Waals surface area contributed by atoms with Crippen LogP contribution in [0.15, 0.2) is 146 Å². The Hall–Kier alpha value is -6.12. The summed E-state index contributed by atoms with van der Waals surface area (Å²) in [5, 5.41) is 2.57. The van der Waals surface area contributed by atoms with Crippen LogP contribution in [0.4, 0.5) is 0 Å². The molecule has 240 valence electrons. The van der Waals surface area contributed by atoms with Crippen molar-refractivity contribution in [2.24, 2.45) is 0 Å². The van der Waals surface area contributed by atoms with Crippen LogP contribution in [-0.4, -0.2) is 9.13 Å². The SMILES string of the molecule is C1=Cc2c(c3c(n2-c2ccc4c(c2)C2(c5ccccc5-c5ccccc52)c2cc(-n5c6ccccc6c6ccccc65)ccc2-4)C=CCC3)CC1. The fourth-order valence-electron chi connectivity index (χ4n) is 10.3. The first-order valence-electron chi connectivity index (χ1n) is 18.4. The lowest BCUT2D eigenvalue weighted by molar-refractivity contribution is 0.790. The van der Waals surface area contributed by atoms with E-state index in [1.165, 1.54) is 89.1 Å². The molecule has 0 atom stereocenters. The largest absolute Gasteiger partial charge is 0.310 e. The third kappa shape index (κ3) is 3.43. The molecule has 1 spiro atoms. The summed E-state index contributed by atoms with van der Waals surface area (Å²) in [4.78, 5) is 0. The van der Waals surface area contributed by atoms with E-state index in [9.17, 15) is 0 Å². The molecule has 2 heterocycles. The first-order chi connectivity index (χ1) is 25.3. The number of fused-ring (bicyclic) bond motifs is 16. The fourth-order valence-corrected chi connectivity index (χ4v) is 10.3. The van der Waals surface area contributed by atoms with Crippen LogP contribution < -0.4 is 0 Å². The predicted octanol–water partition coefficient (Wildman–Crippen LogP) is 11.8. The van der Waals surface area contributed by atoms with E-state index in [4.69, 9.17) is 0 Å². The summed E-state index contributed by atoms with van der Waals surface area (Å²) in [6.07, 6.45) is 14.0. The highest BCUT2D eigenvalue weighted by Crippen LogP contribution is 2.63. The average molecular weight is 651 g/mol. The molecular weight excluding hydrogens is 617 g/mol. The molecule has 2 heteroatoms. The van der Waals surface area contributed by atoms with E-state index in [1.54, 1.807) is 11.1 Å². The van der Waals surface area contributed by atoms with Crippen LogP contribution in [0.25, 0.3) is 67.6 Å². The number of para-hydroxylation sites is 2. The molecule has 2 nitrogen and oxygen atoms in total. The van der Waals surface area contributed by atoms with E-state index in [-0.39, 0.29) is 0 Å². The van der Waals surface area contributed by atoms with E-state index in [0.717, 1.165) is 25.7 Å². The van der Waals surface area contributed by atoms with Crippen molar-refractivity contribution in [1.82, 2.24) is 9.13 Å². The monoisotopic (exact) mass is 650 g/mol. The number of nitrogens with zero attached hydrogens (tertiary/aromatic N) is 2. The molecule has 2 aromatic heterocycles. The maximum atomic E-state index is 2.56. The van der Waals surface area contributed by atoms with Gasteiger partial charge in [-0.05, 0) is 130 Å². The van der Waals surface area contributed by atoms with Gasteiger partial charge in [0.05, 0.1) is 16.4 Å². The Morgan fingerprint density at radius 2 is 0.863 bits per heavy atom. The van der Waals surface area contributed by atoms with Gasteiger partial charge < -0.3 is 9.13 Å². The Morgan fingerprint density at radius 1 is 0.412 bits per heavy atom. The lowest BCUT2D eigenvalue weighted by Crippen LogP contribution is -2.26. The minimum absolute atomic E-state index is 0.443. The van der Waals surface area contributed by atoms with E-state index >= 15 is 0 Å². The van der Waals surface area contributed by atoms with Gasteiger partial charge in [0, 0.05) is 33.5 Å². The van der Waals surface area contributed by atoms with Crippen LogP contribution >= 0.6 is 0 Å². The van der Waals surface area contributed by atoms with Gasteiger partial charge in [-0.25, -0.2) is 0 Å². The minimum Gasteiger partial charge on any atom is -0.310 e. The summed E-state index contributed by atoms with van der Waals surface area (Å²) in [6.45, 7) is 0. The summed E-state index contributed by atoms with van der Waals surface area (Å²) in [7, 11) is 0. The topological polar surface area (TPSA) is 9.86 Å². The van der Waals surface area contributed by atoms with E-state index in [0.29, 0.717) is 0 Å². The molecule has 4 aliphatic carbocycles. The Labute approximate surface area is 297 Å². The second-order valence-corrected chi connectivity index (χ2v) is 14.6. The van der Waals surface area contributed by atoms with Crippen LogP contribution in [-0.2, 0) is 18.3 Å². The minimum atomic E-state index is -0.443. The molecule has 8 aromatic rings. The van der Waals surface area contributed by atoms with Crippen molar-refractivity contribution in [2.45, 2.75) is 31.1 Å². The summed E-state index contributed by atoms with van der Waals surface area (Å²) in [6, 6.07) is 50.6. The third-order valence-corrected chi connectivity index (χ3v) is 12.3. The van der Waals surface area contributed by atoms with Crippen molar-refractivity contribution >= 4 is 34.0 Å². The van der Waals surface area contributed by atoms with Gasteiger partial charge in [-0.2, -0.15) is 0 Å². The lowest BCUT2D eigenvalue weighted by atomic mass is 9.70. The van der Waals surface area contributed by atoms with Gasteiger partial charge in [0.2, 0.25) is 0 Å². The normalized spacial score (nSPS) is 15.5. The van der Waals surface area contributed by atoms with Gasteiger partial charge >= 0.3 is 0 Å². The zero-order chi connectivity index (χ0) is 33.3. The van der Waals surface area contributed by atoms with Crippen molar-refractivity contribution in [3.8, 4) is 33.6 Å². The van der Waals surface area contributed by atoms with Gasteiger partial charge in [-0.3, -0.25) is 0 Å². The lowest BCUT2D eigenvalue weighted by Gasteiger charge is -2.31. The van der Waals surface area contributed by atoms with Crippen molar-refractivity contribution in [3.05, 3.63) is 190 Å². The Kier molecular flexibility index (Phi) is 5.42. The summed E-state index contributed by atoms with van der Waals surface area (Å²) < 4.78 is 5.03. The van der Waals surface area contributed by atoms with E-state index in [2.05, 4.69) is 167 Å². The van der Waals surface area contributed by atoms with Crippen LogP contribution in [0.5, 0.6) is 0 Å². The highest BCUT2D eigenvalue weighted by Gasteiger charge is 2.52. The quantitative estimate of drug-likeness (QED) is 0.176. The maximum Gasteiger partial charge on any atom is 0.0727 e. The first kappa shape index (κ1) is 27.7. The zero-order valence-electron chi connectivity index (χ0n) is 28.2. The van der Waals surface area contributed by atoms with Gasteiger partial charge in [0.1, 0.15) is 0 Å². The number of rotatable bonds is 2. The Bertz CT molecular complexity index is 2730. The second-order valence-electron chi connectivity index (χ2n) is 14.6. The predicted molar refractivity (Wildman–Crippen MR) is 211 cm³/mol. The Balaban J connectivity index is 1.18. The molecule has 0 N–H and O–H groups in total. The number of hydrogen-bond acceptors (Lipinski definition) is 0. The molecule has 0 fully saturated rings. The van der Waals surface area contributed by atoms with E-state index < -0.39 is 5.41 Å². The first-order valence-corrected chi connectivity index (χ1v) is 18.4. The molecule has 0 aliphatic heterocycles.